The average Bonchev–Trinajstić information content (AvgIpc) is 2.38. The van der Waals surface area contributed by atoms with E-state index in [1.54, 1.807) is 0 Å². The maximum Gasteiger partial charge on any atom is 0.423 e. The van der Waals surface area contributed by atoms with E-state index >= 15 is 0 Å². The molecular weight excluding hydrogens is 328 g/mol. The highest BCUT2D eigenvalue weighted by Gasteiger charge is 2.34. The van der Waals surface area contributed by atoms with Gasteiger partial charge in [-0.2, -0.15) is 17.2 Å². The summed E-state index contributed by atoms with van der Waals surface area (Å²) >= 11 is 0. The fraction of sp³-hybridized carbons (Fsp3) is 0.111. The molecule has 116 valence electrons. The fourth-order valence-electron chi connectivity index (χ4n) is 1.13. The minimum absolute atomic E-state index is 0.707. The van der Waals surface area contributed by atoms with Gasteiger partial charge in [0.05, 0.1) is 7.11 Å². The second-order valence-corrected chi connectivity index (χ2v) is 4.63. The van der Waals surface area contributed by atoms with Crippen molar-refractivity contribution in [2.75, 3.05) is 7.11 Å². The Morgan fingerprint density at radius 3 is 1.71 bits per heavy atom. The SMILES string of the molecule is COC(=O)C(=O)Oc1c(F)c(F)c(S(=O)(=O)O)c(F)c1F. The molecule has 1 aromatic carbocycles. The maximum absolute atomic E-state index is 13.4. The minimum atomic E-state index is -5.64. The van der Waals surface area contributed by atoms with Gasteiger partial charge in [-0.15, -0.1) is 0 Å². The first-order chi connectivity index (χ1) is 9.52. The zero-order valence-electron chi connectivity index (χ0n) is 9.82. The summed E-state index contributed by atoms with van der Waals surface area (Å²) in [7, 11) is -4.93. The van der Waals surface area contributed by atoms with Crippen LogP contribution in [-0.4, -0.2) is 32.0 Å². The van der Waals surface area contributed by atoms with Gasteiger partial charge in [0.1, 0.15) is 0 Å². The van der Waals surface area contributed by atoms with E-state index < -0.39 is 56.0 Å². The van der Waals surface area contributed by atoms with E-state index in [0.717, 1.165) is 0 Å². The van der Waals surface area contributed by atoms with Crippen LogP contribution in [0.1, 0.15) is 0 Å². The van der Waals surface area contributed by atoms with Crippen LogP contribution in [0.3, 0.4) is 0 Å². The van der Waals surface area contributed by atoms with Gasteiger partial charge in [-0.05, 0) is 0 Å². The van der Waals surface area contributed by atoms with Crippen LogP contribution >= 0.6 is 0 Å². The van der Waals surface area contributed by atoms with Crippen LogP contribution in [-0.2, 0) is 24.4 Å². The molecule has 0 aliphatic heterocycles. The lowest BCUT2D eigenvalue weighted by molar-refractivity contribution is -0.160. The zero-order valence-corrected chi connectivity index (χ0v) is 10.6. The van der Waals surface area contributed by atoms with Crippen LogP contribution in [0, 0.1) is 23.3 Å². The van der Waals surface area contributed by atoms with E-state index in [-0.39, 0.29) is 0 Å². The second kappa shape index (κ2) is 5.65. The molecule has 1 rings (SSSR count). The molecular formula is C9H4F4O7S. The van der Waals surface area contributed by atoms with Crippen molar-refractivity contribution < 1.29 is 49.6 Å². The number of methoxy groups -OCH3 is 1. The first-order valence-electron chi connectivity index (χ1n) is 4.65. The highest BCUT2D eigenvalue weighted by Crippen LogP contribution is 2.32. The molecule has 0 aliphatic rings. The molecule has 0 atom stereocenters. The highest BCUT2D eigenvalue weighted by atomic mass is 32.2. The molecule has 0 aromatic heterocycles. The molecule has 0 fully saturated rings. The number of rotatable bonds is 2. The van der Waals surface area contributed by atoms with Crippen molar-refractivity contribution in [3.8, 4) is 5.75 Å². The Bertz CT molecular complexity index is 699. The molecule has 21 heavy (non-hydrogen) atoms. The van der Waals surface area contributed by atoms with Crippen molar-refractivity contribution in [3.63, 3.8) is 0 Å². The molecule has 0 bridgehead atoms. The maximum atomic E-state index is 13.4. The Kier molecular flexibility index (Phi) is 4.53. The van der Waals surface area contributed by atoms with Crippen molar-refractivity contribution in [1.29, 1.82) is 0 Å². The zero-order chi connectivity index (χ0) is 16.5. The second-order valence-electron chi connectivity index (χ2n) is 3.27. The number of halogens is 4. The van der Waals surface area contributed by atoms with Gasteiger partial charge < -0.3 is 9.47 Å². The van der Waals surface area contributed by atoms with Crippen molar-refractivity contribution >= 4 is 22.1 Å². The summed E-state index contributed by atoms with van der Waals surface area (Å²) in [5, 5.41) is 0. The summed E-state index contributed by atoms with van der Waals surface area (Å²) in [5.41, 5.74) is 0. The van der Waals surface area contributed by atoms with E-state index in [4.69, 9.17) is 4.55 Å². The van der Waals surface area contributed by atoms with Crippen LogP contribution < -0.4 is 4.74 Å². The monoisotopic (exact) mass is 332 g/mol. The Balaban J connectivity index is 3.52. The largest absolute Gasteiger partial charge is 0.461 e. The van der Waals surface area contributed by atoms with Crippen LogP contribution in [0.15, 0.2) is 4.90 Å². The molecule has 0 spiro atoms. The number of ether oxygens (including phenoxy) is 2. The predicted molar refractivity (Wildman–Crippen MR) is 53.7 cm³/mol. The van der Waals surface area contributed by atoms with Gasteiger partial charge in [-0.3, -0.25) is 4.55 Å². The number of carbonyl (C=O) groups is 2. The number of hydrogen-bond acceptors (Lipinski definition) is 6. The molecule has 0 saturated heterocycles. The van der Waals surface area contributed by atoms with Gasteiger partial charge >= 0.3 is 22.1 Å². The van der Waals surface area contributed by atoms with Crippen LogP contribution in [0.4, 0.5) is 17.6 Å². The third-order valence-corrected chi connectivity index (χ3v) is 2.86. The third-order valence-electron chi connectivity index (χ3n) is 1.99. The highest BCUT2D eigenvalue weighted by molar-refractivity contribution is 7.85. The minimum Gasteiger partial charge on any atom is -0.461 e. The Morgan fingerprint density at radius 1 is 0.952 bits per heavy atom. The molecule has 0 unspecified atom stereocenters. The van der Waals surface area contributed by atoms with Crippen LogP contribution in [0.2, 0.25) is 0 Å². The third kappa shape index (κ3) is 3.11. The smallest absolute Gasteiger partial charge is 0.423 e. The van der Waals surface area contributed by atoms with Gasteiger partial charge in [0.25, 0.3) is 0 Å². The lowest BCUT2D eigenvalue weighted by atomic mass is 10.3. The van der Waals surface area contributed by atoms with Crippen LogP contribution in [0.5, 0.6) is 5.75 Å². The van der Waals surface area contributed by atoms with E-state index in [2.05, 4.69) is 9.47 Å². The van der Waals surface area contributed by atoms with Crippen LogP contribution in [0.25, 0.3) is 0 Å². The molecule has 0 amide bonds. The summed E-state index contributed by atoms with van der Waals surface area (Å²) in [6.45, 7) is 0. The first-order valence-corrected chi connectivity index (χ1v) is 6.09. The summed E-state index contributed by atoms with van der Waals surface area (Å²) in [6, 6.07) is 0. The quantitative estimate of drug-likeness (QED) is 0.211. The molecule has 0 heterocycles. The Morgan fingerprint density at radius 2 is 1.38 bits per heavy atom. The molecule has 12 heteroatoms. The topological polar surface area (TPSA) is 107 Å². The Hall–Kier alpha value is -2.21. The average molecular weight is 332 g/mol. The normalized spacial score (nSPS) is 11.1. The summed E-state index contributed by atoms with van der Waals surface area (Å²) in [4.78, 5) is 19.3. The number of benzene rings is 1. The summed E-state index contributed by atoms with van der Waals surface area (Å²) < 4.78 is 90.6. The van der Waals surface area contributed by atoms with E-state index in [1.807, 2.05) is 0 Å². The number of carbonyl (C=O) groups excluding carboxylic acids is 2. The van der Waals surface area contributed by atoms with E-state index in [1.165, 1.54) is 0 Å². The number of hydrogen-bond donors (Lipinski definition) is 1. The first kappa shape index (κ1) is 16.8. The molecule has 1 N–H and O–H groups in total. The van der Waals surface area contributed by atoms with Gasteiger partial charge in [0.2, 0.25) is 17.4 Å². The molecule has 7 nitrogen and oxygen atoms in total. The number of esters is 2. The molecule has 1 aromatic rings. The van der Waals surface area contributed by atoms with Crippen molar-refractivity contribution in [3.05, 3.63) is 23.3 Å². The Labute approximate surface area is 113 Å². The van der Waals surface area contributed by atoms with Crippen molar-refractivity contribution in [2.24, 2.45) is 0 Å². The molecule has 0 saturated carbocycles. The van der Waals surface area contributed by atoms with Gasteiger partial charge in [0, 0.05) is 0 Å². The molecule has 0 radical (unpaired) electrons. The predicted octanol–water partition coefficient (Wildman–Crippen LogP) is 0.568. The summed E-state index contributed by atoms with van der Waals surface area (Å²) in [6.07, 6.45) is 0. The van der Waals surface area contributed by atoms with Crippen molar-refractivity contribution in [2.45, 2.75) is 4.90 Å². The standard InChI is InChI=1S/C9H4F4O7S/c1-19-8(14)9(15)20-6-2(10)4(12)7(21(16,17)18)5(13)3(6)11/h1H3,(H,16,17,18). The van der Waals surface area contributed by atoms with Gasteiger partial charge in [0.15, 0.2) is 16.5 Å². The summed E-state index contributed by atoms with van der Waals surface area (Å²) in [5.74, 6) is -15.7. The lowest BCUT2D eigenvalue weighted by Gasteiger charge is -2.09. The van der Waals surface area contributed by atoms with Gasteiger partial charge in [-0.25, -0.2) is 18.4 Å². The fourth-order valence-corrected chi connectivity index (χ4v) is 1.76. The van der Waals surface area contributed by atoms with E-state index in [0.29, 0.717) is 7.11 Å². The van der Waals surface area contributed by atoms with E-state index in [9.17, 15) is 35.6 Å². The van der Waals surface area contributed by atoms with Gasteiger partial charge in [-0.1, -0.05) is 0 Å². The van der Waals surface area contributed by atoms with Crippen molar-refractivity contribution in [1.82, 2.24) is 0 Å². The molecule has 0 aliphatic carbocycles. The lowest BCUT2D eigenvalue weighted by Crippen LogP contribution is -2.23.